The van der Waals surface area contributed by atoms with Crippen molar-refractivity contribution in [2.45, 2.75) is 6.54 Å². The molecule has 4 rings (SSSR count). The quantitative estimate of drug-likeness (QED) is 0.593. The highest BCUT2D eigenvalue weighted by Crippen LogP contribution is 2.22. The van der Waals surface area contributed by atoms with Gasteiger partial charge in [-0.3, -0.25) is 9.09 Å². The van der Waals surface area contributed by atoms with Gasteiger partial charge in [0.2, 0.25) is 0 Å². The van der Waals surface area contributed by atoms with E-state index in [0.717, 1.165) is 22.1 Å². The molecule has 25 heavy (non-hydrogen) atoms. The van der Waals surface area contributed by atoms with E-state index in [0.29, 0.717) is 12.4 Å². The number of benzene rings is 2. The number of anilines is 2. The minimum Gasteiger partial charge on any atom is -0.332 e. The fourth-order valence-corrected chi connectivity index (χ4v) is 3.17. The summed E-state index contributed by atoms with van der Waals surface area (Å²) < 4.78 is 6.32. The van der Waals surface area contributed by atoms with Crippen molar-refractivity contribution < 1.29 is 4.52 Å². The van der Waals surface area contributed by atoms with Gasteiger partial charge in [-0.2, -0.15) is 0 Å². The SMILES string of the molecule is O=c1onc(-c2ccccc2)n1Cc1csc(Nc2ccccc2)n1. The first-order valence-electron chi connectivity index (χ1n) is 7.68. The molecule has 0 fully saturated rings. The zero-order valence-corrected chi connectivity index (χ0v) is 13.9. The Morgan fingerprint density at radius 2 is 1.76 bits per heavy atom. The number of thiazole rings is 1. The van der Waals surface area contributed by atoms with Crippen molar-refractivity contribution in [2.75, 3.05) is 5.32 Å². The summed E-state index contributed by atoms with van der Waals surface area (Å²) in [5, 5.41) is 9.82. The summed E-state index contributed by atoms with van der Waals surface area (Å²) in [6.07, 6.45) is 0. The second-order valence-electron chi connectivity index (χ2n) is 5.36. The summed E-state index contributed by atoms with van der Waals surface area (Å²) >= 11 is 1.49. The zero-order valence-electron chi connectivity index (χ0n) is 13.1. The molecule has 0 atom stereocenters. The van der Waals surface area contributed by atoms with E-state index in [-0.39, 0.29) is 0 Å². The van der Waals surface area contributed by atoms with Crippen molar-refractivity contribution in [1.82, 2.24) is 14.7 Å². The Labute approximate surface area is 147 Å². The third kappa shape index (κ3) is 3.36. The van der Waals surface area contributed by atoms with Crippen LogP contribution in [-0.2, 0) is 6.54 Å². The van der Waals surface area contributed by atoms with Gasteiger partial charge in [-0.25, -0.2) is 9.78 Å². The first kappa shape index (κ1) is 15.3. The van der Waals surface area contributed by atoms with Crippen LogP contribution in [-0.4, -0.2) is 14.7 Å². The minimum atomic E-state index is -0.496. The van der Waals surface area contributed by atoms with Crippen LogP contribution in [0, 0.1) is 0 Å². The zero-order chi connectivity index (χ0) is 17.1. The Hall–Kier alpha value is -3.19. The van der Waals surface area contributed by atoms with E-state index in [1.165, 1.54) is 15.9 Å². The van der Waals surface area contributed by atoms with Crippen molar-refractivity contribution in [1.29, 1.82) is 0 Å². The van der Waals surface area contributed by atoms with Crippen LogP contribution in [0.1, 0.15) is 5.69 Å². The molecular weight excluding hydrogens is 336 g/mol. The number of aromatic nitrogens is 3. The smallest absolute Gasteiger partial charge is 0.332 e. The molecule has 0 aliphatic carbocycles. The Balaban J connectivity index is 1.58. The fraction of sp³-hybridized carbons (Fsp3) is 0.0556. The van der Waals surface area contributed by atoms with Crippen LogP contribution in [0.4, 0.5) is 10.8 Å². The average Bonchev–Trinajstić information content (AvgIpc) is 3.24. The Morgan fingerprint density at radius 3 is 2.52 bits per heavy atom. The standard InChI is InChI=1S/C18H14N4O2S/c23-18-22(16(21-24-18)13-7-3-1-4-8-13)11-15-12-25-17(20-15)19-14-9-5-2-6-10-14/h1-10,12H,11H2,(H,19,20). The first-order chi connectivity index (χ1) is 12.3. The van der Waals surface area contributed by atoms with Crippen molar-refractivity contribution in [3.05, 3.63) is 82.3 Å². The molecule has 0 spiro atoms. The molecule has 0 amide bonds. The van der Waals surface area contributed by atoms with E-state index in [4.69, 9.17) is 4.52 Å². The van der Waals surface area contributed by atoms with Crippen LogP contribution in [0.2, 0.25) is 0 Å². The molecule has 0 radical (unpaired) electrons. The Bertz CT molecular complexity index is 1020. The molecule has 6 nitrogen and oxygen atoms in total. The molecule has 0 unspecified atom stereocenters. The van der Waals surface area contributed by atoms with Gasteiger partial charge >= 0.3 is 5.76 Å². The number of para-hydroxylation sites is 1. The van der Waals surface area contributed by atoms with E-state index >= 15 is 0 Å². The van der Waals surface area contributed by atoms with E-state index < -0.39 is 5.76 Å². The van der Waals surface area contributed by atoms with Crippen LogP contribution in [0.3, 0.4) is 0 Å². The molecule has 0 aliphatic heterocycles. The van der Waals surface area contributed by atoms with Gasteiger partial charge in [0, 0.05) is 16.6 Å². The van der Waals surface area contributed by atoms with Gasteiger partial charge in [0.15, 0.2) is 11.0 Å². The number of hydrogen-bond acceptors (Lipinski definition) is 6. The second-order valence-corrected chi connectivity index (χ2v) is 6.22. The summed E-state index contributed by atoms with van der Waals surface area (Å²) in [6.45, 7) is 0.305. The third-order valence-electron chi connectivity index (χ3n) is 3.62. The van der Waals surface area contributed by atoms with Crippen LogP contribution in [0.5, 0.6) is 0 Å². The highest BCUT2D eigenvalue weighted by Gasteiger charge is 2.14. The molecule has 2 aromatic carbocycles. The van der Waals surface area contributed by atoms with Gasteiger partial charge < -0.3 is 5.32 Å². The van der Waals surface area contributed by atoms with Crippen LogP contribution < -0.4 is 11.1 Å². The molecule has 4 aromatic rings. The molecule has 2 heterocycles. The molecule has 0 bridgehead atoms. The van der Waals surface area contributed by atoms with Crippen LogP contribution in [0.25, 0.3) is 11.4 Å². The lowest BCUT2D eigenvalue weighted by Gasteiger charge is -2.03. The fourth-order valence-electron chi connectivity index (χ4n) is 2.45. The van der Waals surface area contributed by atoms with Gasteiger partial charge in [0.25, 0.3) is 0 Å². The Morgan fingerprint density at radius 1 is 1.04 bits per heavy atom. The topological polar surface area (TPSA) is 73.0 Å². The lowest BCUT2D eigenvalue weighted by molar-refractivity contribution is 0.378. The Kier molecular flexibility index (Phi) is 4.14. The highest BCUT2D eigenvalue weighted by molar-refractivity contribution is 7.13. The van der Waals surface area contributed by atoms with Gasteiger partial charge in [0.05, 0.1) is 12.2 Å². The first-order valence-corrected chi connectivity index (χ1v) is 8.56. The maximum absolute atomic E-state index is 12.0. The number of nitrogens with zero attached hydrogens (tertiary/aromatic N) is 3. The molecule has 0 saturated heterocycles. The van der Waals surface area contributed by atoms with Gasteiger partial charge in [-0.15, -0.1) is 11.3 Å². The largest absolute Gasteiger partial charge is 0.442 e. The van der Waals surface area contributed by atoms with Gasteiger partial charge in [0.1, 0.15) is 0 Å². The monoisotopic (exact) mass is 350 g/mol. The van der Waals surface area contributed by atoms with Gasteiger partial charge in [-0.1, -0.05) is 53.7 Å². The average molecular weight is 350 g/mol. The second kappa shape index (κ2) is 6.74. The molecular formula is C18H14N4O2S. The summed E-state index contributed by atoms with van der Waals surface area (Å²) in [5.74, 6) is 0.000546. The molecule has 2 aromatic heterocycles. The molecule has 124 valence electrons. The number of hydrogen-bond donors (Lipinski definition) is 1. The molecule has 0 saturated carbocycles. The van der Waals surface area contributed by atoms with Crippen molar-refractivity contribution >= 4 is 22.2 Å². The van der Waals surface area contributed by atoms with Crippen molar-refractivity contribution in [3.63, 3.8) is 0 Å². The van der Waals surface area contributed by atoms with E-state index in [1.54, 1.807) is 0 Å². The summed E-state index contributed by atoms with van der Waals surface area (Å²) in [7, 11) is 0. The summed E-state index contributed by atoms with van der Waals surface area (Å²) in [4.78, 5) is 16.5. The lowest BCUT2D eigenvalue weighted by Crippen LogP contribution is -2.16. The highest BCUT2D eigenvalue weighted by atomic mass is 32.1. The molecule has 1 N–H and O–H groups in total. The predicted molar refractivity (Wildman–Crippen MR) is 97.1 cm³/mol. The van der Waals surface area contributed by atoms with Crippen LogP contribution >= 0.6 is 11.3 Å². The molecule has 0 aliphatic rings. The normalized spacial score (nSPS) is 10.7. The summed E-state index contributed by atoms with van der Waals surface area (Å²) in [5.41, 5.74) is 2.56. The number of rotatable bonds is 5. The molecule has 7 heteroatoms. The number of nitrogens with one attached hydrogen (secondary N) is 1. The van der Waals surface area contributed by atoms with Crippen molar-refractivity contribution in [2.24, 2.45) is 0 Å². The van der Waals surface area contributed by atoms with Gasteiger partial charge in [-0.05, 0) is 12.1 Å². The van der Waals surface area contributed by atoms with Crippen LogP contribution in [0.15, 0.2) is 75.4 Å². The predicted octanol–water partition coefficient (Wildman–Crippen LogP) is 3.75. The van der Waals surface area contributed by atoms with E-state index in [9.17, 15) is 4.79 Å². The lowest BCUT2D eigenvalue weighted by atomic mass is 10.2. The third-order valence-corrected chi connectivity index (χ3v) is 4.42. The maximum Gasteiger partial charge on any atom is 0.442 e. The van der Waals surface area contributed by atoms with E-state index in [2.05, 4.69) is 15.5 Å². The minimum absolute atomic E-state index is 0.305. The van der Waals surface area contributed by atoms with Crippen molar-refractivity contribution in [3.8, 4) is 11.4 Å². The summed E-state index contributed by atoms with van der Waals surface area (Å²) in [6, 6.07) is 19.3. The van der Waals surface area contributed by atoms with E-state index in [1.807, 2.05) is 66.0 Å². The maximum atomic E-state index is 12.0.